The van der Waals surface area contributed by atoms with E-state index in [4.69, 9.17) is 19.4 Å². The van der Waals surface area contributed by atoms with E-state index in [2.05, 4.69) is 12.2 Å². The second-order valence-corrected chi connectivity index (χ2v) is 5.58. The highest BCUT2D eigenvalue weighted by atomic mass is 16.5. The molecule has 0 atom stereocenters. The zero-order valence-corrected chi connectivity index (χ0v) is 12.4. The van der Waals surface area contributed by atoms with Crippen LogP contribution in [0.2, 0.25) is 0 Å². The molecule has 1 aromatic heterocycles. The Morgan fingerprint density at radius 3 is 2.75 bits per heavy atom. The molecule has 3 heterocycles. The van der Waals surface area contributed by atoms with Gasteiger partial charge in [-0.15, -0.1) is 0 Å². The molecule has 0 spiro atoms. The van der Waals surface area contributed by atoms with Gasteiger partial charge < -0.3 is 14.8 Å². The average molecular weight is 277 g/mol. The van der Waals surface area contributed by atoms with Gasteiger partial charge in [0.05, 0.1) is 5.69 Å². The normalized spacial score (nSPS) is 20.9. The van der Waals surface area contributed by atoms with Crippen LogP contribution < -0.4 is 5.32 Å². The maximum absolute atomic E-state index is 5.83. The van der Waals surface area contributed by atoms with Crippen molar-refractivity contribution >= 4 is 0 Å². The fourth-order valence-corrected chi connectivity index (χ4v) is 3.11. The van der Waals surface area contributed by atoms with Crippen molar-refractivity contribution in [3.63, 3.8) is 0 Å². The van der Waals surface area contributed by atoms with Gasteiger partial charge in [0.25, 0.3) is 0 Å². The Balaban J connectivity index is 2.02. The van der Waals surface area contributed by atoms with Gasteiger partial charge in [0.2, 0.25) is 0 Å². The second kappa shape index (κ2) is 5.76. The van der Waals surface area contributed by atoms with Crippen molar-refractivity contribution in [2.75, 3.05) is 20.3 Å². The summed E-state index contributed by atoms with van der Waals surface area (Å²) in [6.45, 7) is 5.37. The molecule has 0 bridgehead atoms. The monoisotopic (exact) mass is 277 g/mol. The smallest absolute Gasteiger partial charge is 0.161 e. The summed E-state index contributed by atoms with van der Waals surface area (Å²) in [7, 11) is 1.76. The number of hydrogen-bond acceptors (Lipinski definition) is 5. The third-order valence-corrected chi connectivity index (χ3v) is 4.36. The lowest BCUT2D eigenvalue weighted by atomic mass is 9.92. The summed E-state index contributed by atoms with van der Waals surface area (Å²) in [5, 5.41) is 3.38. The van der Waals surface area contributed by atoms with Crippen LogP contribution >= 0.6 is 0 Å². The number of aromatic nitrogens is 2. The lowest BCUT2D eigenvalue weighted by molar-refractivity contribution is -0.100. The molecule has 0 radical (unpaired) electrons. The molecule has 1 aromatic rings. The summed E-state index contributed by atoms with van der Waals surface area (Å²) in [6, 6.07) is 0. The maximum atomic E-state index is 5.83. The van der Waals surface area contributed by atoms with Crippen LogP contribution in [0.15, 0.2) is 0 Å². The molecule has 0 unspecified atom stereocenters. The number of ether oxygens (including phenoxy) is 2. The number of rotatable bonds is 4. The molecular weight excluding hydrogens is 254 g/mol. The second-order valence-electron chi connectivity index (χ2n) is 5.58. The number of nitrogens with one attached hydrogen (secondary N) is 1. The van der Waals surface area contributed by atoms with E-state index in [-0.39, 0.29) is 5.60 Å². The van der Waals surface area contributed by atoms with Crippen LogP contribution in [0.4, 0.5) is 0 Å². The van der Waals surface area contributed by atoms with Gasteiger partial charge in [-0.05, 0) is 6.42 Å². The lowest BCUT2D eigenvalue weighted by Gasteiger charge is -2.34. The van der Waals surface area contributed by atoms with Crippen LogP contribution in [0, 0.1) is 0 Å². The van der Waals surface area contributed by atoms with Gasteiger partial charge in [0.15, 0.2) is 5.82 Å². The molecule has 20 heavy (non-hydrogen) atoms. The number of fused-ring (bicyclic) bond motifs is 1. The minimum absolute atomic E-state index is 0.363. The van der Waals surface area contributed by atoms with Crippen LogP contribution in [0.5, 0.6) is 0 Å². The van der Waals surface area contributed by atoms with Crippen LogP contribution in [0.1, 0.15) is 49.0 Å². The lowest BCUT2D eigenvalue weighted by Crippen LogP contribution is -2.38. The predicted octanol–water partition coefficient (Wildman–Crippen LogP) is 1.68. The maximum Gasteiger partial charge on any atom is 0.161 e. The van der Waals surface area contributed by atoms with Gasteiger partial charge in [0, 0.05) is 57.5 Å². The predicted molar refractivity (Wildman–Crippen MR) is 75.3 cm³/mol. The van der Waals surface area contributed by atoms with E-state index >= 15 is 0 Å². The Bertz CT molecular complexity index is 484. The van der Waals surface area contributed by atoms with Crippen molar-refractivity contribution in [2.24, 2.45) is 0 Å². The van der Waals surface area contributed by atoms with Crippen molar-refractivity contribution in [3.8, 4) is 0 Å². The highest BCUT2D eigenvalue weighted by molar-refractivity contribution is 5.30. The van der Waals surface area contributed by atoms with Crippen LogP contribution in [0.25, 0.3) is 0 Å². The summed E-state index contributed by atoms with van der Waals surface area (Å²) in [5.41, 5.74) is 3.29. The number of nitrogens with zero attached hydrogens (tertiary/aromatic N) is 2. The minimum Gasteiger partial charge on any atom is -0.381 e. The van der Waals surface area contributed by atoms with Gasteiger partial charge >= 0.3 is 0 Å². The van der Waals surface area contributed by atoms with Gasteiger partial charge in [-0.25, -0.2) is 9.97 Å². The highest BCUT2D eigenvalue weighted by Crippen LogP contribution is 2.34. The van der Waals surface area contributed by atoms with E-state index in [1.165, 1.54) is 11.3 Å². The van der Waals surface area contributed by atoms with E-state index < -0.39 is 0 Å². The van der Waals surface area contributed by atoms with Crippen molar-refractivity contribution in [2.45, 2.75) is 51.3 Å². The van der Waals surface area contributed by atoms with Gasteiger partial charge in [-0.3, -0.25) is 0 Å². The van der Waals surface area contributed by atoms with Gasteiger partial charge in [-0.1, -0.05) is 13.3 Å². The summed E-state index contributed by atoms with van der Waals surface area (Å²) in [5.74, 6) is 0.856. The molecule has 5 nitrogen and oxygen atoms in total. The van der Waals surface area contributed by atoms with Crippen LogP contribution in [-0.4, -0.2) is 30.3 Å². The molecule has 2 aliphatic rings. The molecule has 0 aromatic carbocycles. The van der Waals surface area contributed by atoms with E-state index in [1.807, 2.05) is 0 Å². The number of aryl methyl sites for hydroxylation is 1. The molecule has 0 saturated carbocycles. The Labute approximate surface area is 120 Å². The van der Waals surface area contributed by atoms with Crippen LogP contribution in [-0.2, 0) is 34.6 Å². The molecule has 0 aliphatic carbocycles. The quantitative estimate of drug-likeness (QED) is 0.907. The molecule has 5 heteroatoms. The largest absolute Gasteiger partial charge is 0.381 e. The Morgan fingerprint density at radius 1 is 1.25 bits per heavy atom. The first-order valence-electron chi connectivity index (χ1n) is 7.52. The van der Waals surface area contributed by atoms with E-state index in [1.54, 1.807) is 7.11 Å². The van der Waals surface area contributed by atoms with E-state index in [9.17, 15) is 0 Å². The number of hydrogen-bond donors (Lipinski definition) is 1. The first-order valence-corrected chi connectivity index (χ1v) is 7.52. The van der Waals surface area contributed by atoms with Crippen molar-refractivity contribution in [1.82, 2.24) is 15.3 Å². The Morgan fingerprint density at radius 2 is 2.05 bits per heavy atom. The fourth-order valence-electron chi connectivity index (χ4n) is 3.11. The SMILES string of the molecule is CCCc1nc(C2(OC)CCOCC2)nc2c1CNC2. The molecule has 0 amide bonds. The molecular formula is C15H23N3O2. The molecule has 1 N–H and O–H groups in total. The Kier molecular flexibility index (Phi) is 4.01. The third-order valence-electron chi connectivity index (χ3n) is 4.36. The van der Waals surface area contributed by atoms with Crippen molar-refractivity contribution < 1.29 is 9.47 Å². The van der Waals surface area contributed by atoms with Crippen molar-refractivity contribution in [1.29, 1.82) is 0 Å². The summed E-state index contributed by atoms with van der Waals surface area (Å²) in [4.78, 5) is 9.68. The summed E-state index contributed by atoms with van der Waals surface area (Å²) in [6.07, 6.45) is 3.78. The zero-order valence-electron chi connectivity index (χ0n) is 12.4. The van der Waals surface area contributed by atoms with E-state index in [0.717, 1.165) is 63.5 Å². The summed E-state index contributed by atoms with van der Waals surface area (Å²) < 4.78 is 11.3. The highest BCUT2D eigenvalue weighted by Gasteiger charge is 2.38. The van der Waals surface area contributed by atoms with Gasteiger partial charge in [0.1, 0.15) is 5.60 Å². The zero-order chi connectivity index (χ0) is 14.0. The first-order chi connectivity index (χ1) is 9.79. The van der Waals surface area contributed by atoms with Crippen LogP contribution in [0.3, 0.4) is 0 Å². The third kappa shape index (κ3) is 2.34. The topological polar surface area (TPSA) is 56.3 Å². The first kappa shape index (κ1) is 13.9. The standard InChI is InChI=1S/C15H23N3O2/c1-3-4-12-11-9-16-10-13(11)18-14(17-12)15(19-2)5-7-20-8-6-15/h16H,3-10H2,1-2H3. The number of methoxy groups -OCH3 is 1. The minimum atomic E-state index is -0.363. The molecule has 1 fully saturated rings. The van der Waals surface area contributed by atoms with Crippen molar-refractivity contribution in [3.05, 3.63) is 22.8 Å². The average Bonchev–Trinajstić information content (AvgIpc) is 2.97. The van der Waals surface area contributed by atoms with Gasteiger partial charge in [-0.2, -0.15) is 0 Å². The Hall–Kier alpha value is -1.04. The molecule has 2 aliphatic heterocycles. The van der Waals surface area contributed by atoms with E-state index in [0.29, 0.717) is 0 Å². The molecule has 3 rings (SSSR count). The fraction of sp³-hybridized carbons (Fsp3) is 0.733. The summed E-state index contributed by atoms with van der Waals surface area (Å²) >= 11 is 0. The molecule has 1 saturated heterocycles. The molecule has 110 valence electrons.